The molecule has 0 unspecified atom stereocenters. The minimum atomic E-state index is -0.853. The Morgan fingerprint density at radius 1 is 0.542 bits per heavy atom. The summed E-state index contributed by atoms with van der Waals surface area (Å²) in [4.78, 5) is 21.2. The van der Waals surface area contributed by atoms with Crippen LogP contribution in [0.15, 0.2) is 109 Å². The Labute approximate surface area is 383 Å². The van der Waals surface area contributed by atoms with Gasteiger partial charge in [-0.15, -0.1) is 23.2 Å². The standard InChI is InChI=1S/C16H16ClNO2.C13H13NO.C3H4Cl2O.B18/c17-10-9-16(19)18-14-7-4-8-15(11-14)20-12-13-5-2-1-3-6-13;14-12-7-4-8-13(9-12)15-10-11-5-2-1-3-6-11;4-2-1-3(5)6;1-11(2)16(12(3)4)18(15(9)10)17(13(5)6)14(7)8/h1-8,11H,9-10,12H2,(H,18,19);1-9H,10,14H2;1-2H2;. The summed E-state index contributed by atoms with van der Waals surface area (Å²) in [6.07, 6.45) is -5.47. The van der Waals surface area contributed by atoms with Gasteiger partial charge in [0, 0.05) is 177 Å². The second-order valence-corrected chi connectivity index (χ2v) is 14.2. The molecule has 27 heteroatoms. The van der Waals surface area contributed by atoms with Crippen molar-refractivity contribution in [2.75, 3.05) is 22.8 Å². The Morgan fingerprint density at radius 2 is 0.949 bits per heavy atom. The highest BCUT2D eigenvalue weighted by Gasteiger charge is 2.42. The highest BCUT2D eigenvalue weighted by molar-refractivity contribution is 8.17. The number of rotatable bonds is 18. The molecule has 4 aromatic carbocycles. The van der Waals surface area contributed by atoms with E-state index in [1.807, 2.05) is 103 Å². The van der Waals surface area contributed by atoms with Crippen LogP contribution in [-0.2, 0) is 22.8 Å². The van der Waals surface area contributed by atoms with Crippen LogP contribution in [0.3, 0.4) is 0 Å². The summed E-state index contributed by atoms with van der Waals surface area (Å²) >= 11 is 15.5. The second kappa shape index (κ2) is 31.3. The molecule has 20 radical (unpaired) electrons. The lowest BCUT2D eigenvalue weighted by atomic mass is 8.41. The molecule has 6 nitrogen and oxygen atoms in total. The number of hydrogen-bond acceptors (Lipinski definition) is 5. The Balaban J connectivity index is 0.000000416. The third-order valence-electron chi connectivity index (χ3n) is 8.20. The van der Waals surface area contributed by atoms with Crippen LogP contribution in [-0.4, -0.2) is 151 Å². The Morgan fingerprint density at radius 3 is 1.31 bits per heavy atom. The van der Waals surface area contributed by atoms with E-state index >= 15 is 0 Å². The zero-order chi connectivity index (χ0) is 44.3. The van der Waals surface area contributed by atoms with Gasteiger partial charge in [0.1, 0.15) is 24.7 Å². The number of nitrogens with two attached hydrogens (primary N) is 1. The van der Waals surface area contributed by atoms with Crippen LogP contribution in [0.4, 0.5) is 11.4 Å². The van der Waals surface area contributed by atoms with Crippen molar-refractivity contribution in [3.05, 3.63) is 120 Å². The fourth-order valence-corrected chi connectivity index (χ4v) is 5.98. The predicted octanol–water partition coefficient (Wildman–Crippen LogP) is 1.21. The largest absolute Gasteiger partial charge is 0.489 e. The van der Waals surface area contributed by atoms with Gasteiger partial charge in [-0.1, -0.05) is 72.8 Å². The van der Waals surface area contributed by atoms with Gasteiger partial charge in [0.2, 0.25) is 11.1 Å². The van der Waals surface area contributed by atoms with Crippen LogP contribution in [0.5, 0.6) is 11.5 Å². The molecule has 0 aliphatic rings. The number of nitrogens with one attached hydrogen (secondary N) is 1. The Bertz CT molecular complexity index is 1710. The first-order chi connectivity index (χ1) is 28.0. The number of carbonyl (C=O) groups is 2. The molecule has 3 N–H and O–H groups in total. The lowest BCUT2D eigenvalue weighted by Gasteiger charge is -2.40. The number of halogens is 3. The molecule has 4 aromatic rings. The molecule has 0 saturated carbocycles. The first kappa shape index (κ1) is 54.5. The molecule has 59 heavy (non-hydrogen) atoms. The third-order valence-corrected chi connectivity index (χ3v) is 8.76. The van der Waals surface area contributed by atoms with Crippen molar-refractivity contribution >= 4 is 186 Å². The minimum Gasteiger partial charge on any atom is -0.489 e. The van der Waals surface area contributed by atoms with Crippen molar-refractivity contribution in [1.82, 2.24) is 0 Å². The molecule has 0 saturated heterocycles. The number of hydrogen-bond donors (Lipinski definition) is 2. The fraction of sp³-hybridized carbons (Fsp3) is 0.188. The maximum Gasteiger partial charge on any atom is 0.225 e. The van der Waals surface area contributed by atoms with Crippen molar-refractivity contribution < 1.29 is 19.1 Å². The third kappa shape index (κ3) is 23.9. The predicted molar refractivity (Wildman–Crippen MR) is 273 cm³/mol. The van der Waals surface area contributed by atoms with Crippen LogP contribution in [0.2, 0.25) is 0 Å². The first-order valence-electron chi connectivity index (χ1n) is 18.5. The van der Waals surface area contributed by atoms with E-state index in [-0.39, 0.29) is 17.6 Å². The van der Waals surface area contributed by atoms with Crippen molar-refractivity contribution in [3.8, 4) is 11.5 Å². The summed E-state index contributed by atoms with van der Waals surface area (Å²) in [5, 5.41) is 2.41. The molecule has 0 spiro atoms. The highest BCUT2D eigenvalue weighted by atomic mass is 35.5. The number of carbonyl (C=O) groups excluding carboxylic acids is 2. The Hall–Kier alpha value is -2.54. The Kier molecular flexibility index (Phi) is 28.9. The molecule has 1 amide bonds. The van der Waals surface area contributed by atoms with Crippen molar-refractivity contribution in [3.63, 3.8) is 0 Å². The van der Waals surface area contributed by atoms with Crippen LogP contribution >= 0.6 is 34.8 Å². The summed E-state index contributed by atoms with van der Waals surface area (Å²) in [7, 11) is 56.7. The minimum absolute atomic E-state index is 0.0970. The smallest absolute Gasteiger partial charge is 0.225 e. The van der Waals surface area contributed by atoms with E-state index in [2.05, 4.69) is 5.32 Å². The van der Waals surface area contributed by atoms with E-state index < -0.39 is 51.1 Å². The molecule has 0 atom stereocenters. The van der Waals surface area contributed by atoms with Crippen LogP contribution < -0.4 is 20.5 Å². The van der Waals surface area contributed by atoms with Gasteiger partial charge in [-0.05, 0) is 47.0 Å². The molecular formula is C32H33B18Cl3N2O4. The van der Waals surface area contributed by atoms with E-state index in [4.69, 9.17) is 127 Å². The molecule has 0 fully saturated rings. The van der Waals surface area contributed by atoms with Crippen LogP contribution in [0.1, 0.15) is 24.0 Å². The molecule has 0 aromatic heterocycles. The highest BCUT2D eigenvalue weighted by Crippen LogP contribution is 2.19. The van der Waals surface area contributed by atoms with Crippen molar-refractivity contribution in [2.24, 2.45) is 0 Å². The zero-order valence-corrected chi connectivity index (χ0v) is 35.1. The molecule has 270 valence electrons. The van der Waals surface area contributed by atoms with Gasteiger partial charge in [-0.3, -0.25) is 9.59 Å². The van der Waals surface area contributed by atoms with Gasteiger partial charge in [0.05, 0.1) is 0 Å². The van der Waals surface area contributed by atoms with Crippen LogP contribution in [0.25, 0.3) is 0 Å². The maximum absolute atomic E-state index is 11.5. The second-order valence-electron chi connectivity index (χ2n) is 13.0. The summed E-state index contributed by atoms with van der Waals surface area (Å²) in [5.74, 6) is 2.06. The normalized spacial score (nSPS) is 9.54. The number of anilines is 2. The summed E-state index contributed by atoms with van der Waals surface area (Å²) < 4.78 is 11.3. The lowest BCUT2D eigenvalue weighted by molar-refractivity contribution is -0.116. The molecule has 0 aliphatic carbocycles. The van der Waals surface area contributed by atoms with E-state index in [0.29, 0.717) is 37.1 Å². The van der Waals surface area contributed by atoms with Gasteiger partial charge in [-0.25, -0.2) is 0 Å². The van der Waals surface area contributed by atoms with Crippen molar-refractivity contribution in [1.29, 1.82) is 0 Å². The van der Waals surface area contributed by atoms with Crippen molar-refractivity contribution in [2.45, 2.75) is 26.1 Å². The topological polar surface area (TPSA) is 90.7 Å². The quantitative estimate of drug-likeness (QED) is 0.0684. The van der Waals surface area contributed by atoms with E-state index in [9.17, 15) is 9.59 Å². The summed E-state index contributed by atoms with van der Waals surface area (Å²) in [6.45, 7) is 1.07. The molecule has 0 bridgehead atoms. The fourth-order valence-electron chi connectivity index (χ4n) is 5.44. The number of nitrogen functional groups attached to an aromatic ring is 1. The lowest BCUT2D eigenvalue weighted by Crippen LogP contribution is -2.78. The van der Waals surface area contributed by atoms with Crippen LogP contribution in [0, 0.1) is 0 Å². The number of benzene rings is 4. The molecule has 0 aliphatic heterocycles. The molecule has 0 heterocycles. The zero-order valence-electron chi connectivity index (χ0n) is 32.9. The van der Waals surface area contributed by atoms with E-state index in [1.54, 1.807) is 6.07 Å². The molecule has 4 rings (SSSR count). The summed E-state index contributed by atoms with van der Waals surface area (Å²) in [5.41, 5.74) is 9.34. The number of ether oxygens (including phenoxy) is 2. The maximum atomic E-state index is 11.5. The van der Waals surface area contributed by atoms with Gasteiger partial charge in [-0.2, -0.15) is 0 Å². The SMILES string of the molecule is Nc1cccc(OCc2ccccc2)c1.O=C(CCCl)Nc1cccc(OCc2ccccc2)c1.O=C(Cl)CCCl.[B]B([B])B(B([B])[B])B(B([B])[B])B(B([B])[B])B([B])[B]. The van der Waals surface area contributed by atoms with E-state index in [1.165, 1.54) is 0 Å². The first-order valence-corrected chi connectivity index (χ1v) is 19.9. The monoisotopic (exact) mass is 812 g/mol. The molecular weight excluding hydrogens is 777 g/mol. The number of amides is 1. The number of alkyl halides is 2. The van der Waals surface area contributed by atoms with Gasteiger partial charge in [0.25, 0.3) is 0 Å². The van der Waals surface area contributed by atoms with Gasteiger partial charge in [0.15, 0.2) is 0 Å². The van der Waals surface area contributed by atoms with Gasteiger partial charge < -0.3 is 20.5 Å². The van der Waals surface area contributed by atoms with Gasteiger partial charge >= 0.3 is 0 Å². The summed E-state index contributed by atoms with van der Waals surface area (Å²) in [6, 6.07) is 34.8. The average Bonchev–Trinajstić information content (AvgIpc) is 3.17. The van der Waals surface area contributed by atoms with E-state index in [0.717, 1.165) is 28.3 Å². The average molecular weight is 811 g/mol.